The zero-order valence-electron chi connectivity index (χ0n) is 11.0. The van der Waals surface area contributed by atoms with Crippen LogP contribution in [0.4, 0.5) is 0 Å². The van der Waals surface area contributed by atoms with Gasteiger partial charge in [0.2, 0.25) is 0 Å². The minimum absolute atomic E-state index is 0.117. The van der Waals surface area contributed by atoms with E-state index in [1.54, 1.807) is 0 Å². The highest BCUT2D eigenvalue weighted by Crippen LogP contribution is 2.38. The molecule has 1 fully saturated rings. The lowest BCUT2D eigenvalue weighted by Gasteiger charge is -2.35. The Kier molecular flexibility index (Phi) is 3.36. The number of halogens is 1. The van der Waals surface area contributed by atoms with E-state index in [9.17, 15) is 0 Å². The van der Waals surface area contributed by atoms with Gasteiger partial charge in [0, 0.05) is 16.4 Å². The molecule has 2 rings (SSSR count). The van der Waals surface area contributed by atoms with E-state index in [2.05, 4.69) is 66.9 Å². The van der Waals surface area contributed by atoms with Crippen molar-refractivity contribution >= 4 is 15.9 Å². The van der Waals surface area contributed by atoms with Crippen LogP contribution in [0, 0.1) is 5.41 Å². The second-order valence-electron chi connectivity index (χ2n) is 6.01. The van der Waals surface area contributed by atoms with E-state index >= 15 is 0 Å². The largest absolute Gasteiger partial charge is 0.298 e. The SMILES string of the molecule is CC1(C)CON(C(C)(C)c2ccccc2Br)C1. The van der Waals surface area contributed by atoms with Crippen LogP contribution in [0.25, 0.3) is 0 Å². The number of rotatable bonds is 2. The fraction of sp³-hybridized carbons (Fsp3) is 0.571. The van der Waals surface area contributed by atoms with Gasteiger partial charge in [-0.15, -0.1) is 0 Å². The van der Waals surface area contributed by atoms with Crippen LogP contribution in [0.5, 0.6) is 0 Å². The maximum atomic E-state index is 5.85. The molecule has 0 N–H and O–H groups in total. The Bertz CT molecular complexity index is 414. The summed E-state index contributed by atoms with van der Waals surface area (Å²) in [7, 11) is 0. The van der Waals surface area contributed by atoms with Crippen molar-refractivity contribution < 1.29 is 4.84 Å². The van der Waals surface area contributed by atoms with Gasteiger partial charge in [0.25, 0.3) is 0 Å². The van der Waals surface area contributed by atoms with E-state index in [1.165, 1.54) is 5.56 Å². The molecule has 1 aliphatic heterocycles. The fourth-order valence-electron chi connectivity index (χ4n) is 2.18. The molecule has 0 aromatic heterocycles. The lowest BCUT2D eigenvalue weighted by molar-refractivity contribution is -0.176. The molecular weight excluding hydrogens is 278 g/mol. The van der Waals surface area contributed by atoms with Crippen LogP contribution in [0.2, 0.25) is 0 Å². The average Bonchev–Trinajstić information content (AvgIpc) is 2.60. The molecule has 0 saturated carbocycles. The van der Waals surface area contributed by atoms with Gasteiger partial charge in [0.05, 0.1) is 12.1 Å². The molecule has 0 aliphatic carbocycles. The molecule has 17 heavy (non-hydrogen) atoms. The van der Waals surface area contributed by atoms with Crippen molar-refractivity contribution in [1.29, 1.82) is 0 Å². The van der Waals surface area contributed by atoms with Crippen molar-refractivity contribution in [2.75, 3.05) is 13.2 Å². The van der Waals surface area contributed by atoms with Crippen molar-refractivity contribution in [3.63, 3.8) is 0 Å². The first kappa shape index (κ1) is 13.1. The summed E-state index contributed by atoms with van der Waals surface area (Å²) < 4.78 is 1.14. The summed E-state index contributed by atoms with van der Waals surface area (Å²) in [4.78, 5) is 5.85. The minimum atomic E-state index is -0.117. The van der Waals surface area contributed by atoms with Crippen LogP contribution < -0.4 is 0 Å². The lowest BCUT2D eigenvalue weighted by atomic mass is 9.90. The van der Waals surface area contributed by atoms with Crippen LogP contribution in [0.1, 0.15) is 33.3 Å². The first-order chi connectivity index (χ1) is 7.83. The Balaban J connectivity index is 2.28. The Labute approximate surface area is 112 Å². The maximum Gasteiger partial charge on any atom is 0.0749 e. The highest BCUT2D eigenvalue weighted by molar-refractivity contribution is 9.10. The van der Waals surface area contributed by atoms with E-state index in [4.69, 9.17) is 4.84 Å². The van der Waals surface area contributed by atoms with Gasteiger partial charge in [-0.1, -0.05) is 48.0 Å². The third-order valence-electron chi connectivity index (χ3n) is 3.34. The first-order valence-electron chi connectivity index (χ1n) is 5.98. The standard InChI is InChI=1S/C14H20BrNO/c1-13(2)9-16(17-10-13)14(3,4)11-7-5-6-8-12(11)15/h5-8H,9-10H2,1-4H3. The second-order valence-corrected chi connectivity index (χ2v) is 6.87. The third kappa shape index (κ3) is 2.56. The van der Waals surface area contributed by atoms with Gasteiger partial charge in [-0.2, -0.15) is 5.06 Å². The fourth-order valence-corrected chi connectivity index (χ4v) is 2.95. The molecule has 1 aliphatic rings. The highest BCUT2D eigenvalue weighted by Gasteiger charge is 2.40. The zero-order valence-corrected chi connectivity index (χ0v) is 12.5. The zero-order chi connectivity index (χ0) is 12.7. The summed E-state index contributed by atoms with van der Waals surface area (Å²) in [5.74, 6) is 0. The number of nitrogens with zero attached hydrogens (tertiary/aromatic N) is 1. The average molecular weight is 298 g/mol. The summed E-state index contributed by atoms with van der Waals surface area (Å²) in [5, 5.41) is 2.10. The summed E-state index contributed by atoms with van der Waals surface area (Å²) in [5.41, 5.74) is 1.38. The van der Waals surface area contributed by atoms with Gasteiger partial charge in [-0.05, 0) is 25.5 Å². The van der Waals surface area contributed by atoms with Gasteiger partial charge in [-0.3, -0.25) is 4.84 Å². The third-order valence-corrected chi connectivity index (χ3v) is 4.03. The molecule has 3 heteroatoms. The molecule has 0 amide bonds. The minimum Gasteiger partial charge on any atom is -0.298 e. The van der Waals surface area contributed by atoms with Crippen LogP contribution in [-0.4, -0.2) is 18.2 Å². The Hall–Kier alpha value is -0.380. The molecule has 0 atom stereocenters. The molecule has 1 saturated heterocycles. The van der Waals surface area contributed by atoms with Gasteiger partial charge >= 0.3 is 0 Å². The molecule has 1 aromatic carbocycles. The Morgan fingerprint density at radius 1 is 1.29 bits per heavy atom. The van der Waals surface area contributed by atoms with Crippen LogP contribution in [-0.2, 0) is 10.4 Å². The molecule has 0 bridgehead atoms. The first-order valence-corrected chi connectivity index (χ1v) is 6.78. The van der Waals surface area contributed by atoms with Crippen molar-refractivity contribution in [2.24, 2.45) is 5.41 Å². The predicted octanol–water partition coefficient (Wildman–Crippen LogP) is 3.96. The smallest absolute Gasteiger partial charge is 0.0749 e. The van der Waals surface area contributed by atoms with E-state index in [0.717, 1.165) is 17.6 Å². The molecule has 0 spiro atoms. The molecule has 94 valence electrons. The van der Waals surface area contributed by atoms with Crippen LogP contribution in [0.3, 0.4) is 0 Å². The monoisotopic (exact) mass is 297 g/mol. The normalized spacial score (nSPS) is 20.8. The number of hydroxylamine groups is 2. The number of hydrogen-bond acceptors (Lipinski definition) is 2. The molecule has 1 heterocycles. The van der Waals surface area contributed by atoms with Crippen molar-refractivity contribution in [3.8, 4) is 0 Å². The second kappa shape index (κ2) is 4.38. The van der Waals surface area contributed by atoms with Crippen molar-refractivity contribution in [1.82, 2.24) is 5.06 Å². The summed E-state index contributed by atoms with van der Waals surface area (Å²) in [6, 6.07) is 8.35. The van der Waals surface area contributed by atoms with E-state index in [0.29, 0.717) is 0 Å². The quantitative estimate of drug-likeness (QED) is 0.819. The number of hydrogen-bond donors (Lipinski definition) is 0. The summed E-state index contributed by atoms with van der Waals surface area (Å²) in [6.07, 6.45) is 0. The molecule has 0 radical (unpaired) electrons. The Morgan fingerprint density at radius 3 is 2.47 bits per heavy atom. The molecule has 0 unspecified atom stereocenters. The lowest BCUT2D eigenvalue weighted by Crippen LogP contribution is -2.40. The van der Waals surface area contributed by atoms with Crippen LogP contribution >= 0.6 is 15.9 Å². The number of benzene rings is 1. The van der Waals surface area contributed by atoms with E-state index < -0.39 is 0 Å². The predicted molar refractivity (Wildman–Crippen MR) is 73.6 cm³/mol. The molecule has 1 aromatic rings. The molecular formula is C14H20BrNO. The van der Waals surface area contributed by atoms with Gasteiger partial charge < -0.3 is 0 Å². The van der Waals surface area contributed by atoms with E-state index in [-0.39, 0.29) is 11.0 Å². The van der Waals surface area contributed by atoms with E-state index in [1.807, 2.05) is 6.07 Å². The van der Waals surface area contributed by atoms with Gasteiger partial charge in [0.15, 0.2) is 0 Å². The van der Waals surface area contributed by atoms with Crippen molar-refractivity contribution in [3.05, 3.63) is 34.3 Å². The van der Waals surface area contributed by atoms with Gasteiger partial charge in [-0.25, -0.2) is 0 Å². The highest BCUT2D eigenvalue weighted by atomic mass is 79.9. The van der Waals surface area contributed by atoms with Crippen LogP contribution in [0.15, 0.2) is 28.7 Å². The maximum absolute atomic E-state index is 5.85. The van der Waals surface area contributed by atoms with Crippen molar-refractivity contribution in [2.45, 2.75) is 33.2 Å². The summed E-state index contributed by atoms with van der Waals surface area (Å²) in [6.45, 7) is 10.6. The Morgan fingerprint density at radius 2 is 1.94 bits per heavy atom. The molecule has 2 nitrogen and oxygen atoms in total. The topological polar surface area (TPSA) is 12.5 Å². The summed E-state index contributed by atoms with van der Waals surface area (Å²) >= 11 is 3.63. The van der Waals surface area contributed by atoms with Gasteiger partial charge in [0.1, 0.15) is 0 Å².